The Morgan fingerprint density at radius 3 is 2.62 bits per heavy atom. The number of fused-ring (bicyclic) bond motifs is 2. The van der Waals surface area contributed by atoms with E-state index in [0.717, 1.165) is 36.0 Å². The Kier molecular flexibility index (Phi) is 6.31. The van der Waals surface area contributed by atoms with Crippen LogP contribution in [0.5, 0.6) is 0 Å². The van der Waals surface area contributed by atoms with Crippen LogP contribution in [0.3, 0.4) is 0 Å². The molecule has 1 unspecified atom stereocenters. The second kappa shape index (κ2) is 9.15. The van der Waals surface area contributed by atoms with Gasteiger partial charge in [-0.1, -0.05) is 57.2 Å². The molecule has 0 saturated heterocycles. The summed E-state index contributed by atoms with van der Waals surface area (Å²) >= 11 is 0. The minimum absolute atomic E-state index is 0.181. The van der Waals surface area contributed by atoms with E-state index in [-0.39, 0.29) is 5.69 Å². The number of hydrogen-bond acceptors (Lipinski definition) is 5. The Hall–Kier alpha value is -3.15. The smallest absolute Gasteiger partial charge is 0.361 e. The minimum Gasteiger partial charge on any atom is -0.414 e. The van der Waals surface area contributed by atoms with E-state index in [1.54, 1.807) is 18.3 Å². The van der Waals surface area contributed by atoms with Gasteiger partial charge in [-0.15, -0.1) is 0 Å². The molecule has 168 valence electrons. The van der Waals surface area contributed by atoms with Crippen molar-refractivity contribution < 1.29 is 19.1 Å². The molecule has 0 saturated carbocycles. The van der Waals surface area contributed by atoms with Crippen molar-refractivity contribution >= 4 is 22.8 Å². The van der Waals surface area contributed by atoms with Crippen LogP contribution in [0, 0.1) is 6.92 Å². The first-order chi connectivity index (χ1) is 15.5. The molecule has 1 atom stereocenters. The third kappa shape index (κ3) is 3.78. The van der Waals surface area contributed by atoms with Crippen LogP contribution in [-0.4, -0.2) is 21.5 Å². The Morgan fingerprint density at radius 2 is 1.84 bits per heavy atom. The number of carbonyl (C=O) groups is 2. The van der Waals surface area contributed by atoms with E-state index >= 15 is 0 Å². The number of hydrogen-bond donors (Lipinski definition) is 0. The van der Waals surface area contributed by atoms with Crippen molar-refractivity contribution in [2.24, 2.45) is 0 Å². The SMILES string of the molecule is CCCCCCCCn1c(C)c(C2(OC(C)=O)OC(=O)c3ncccc32)c2ccccc21. The Balaban J connectivity index is 1.80. The van der Waals surface area contributed by atoms with Crippen molar-refractivity contribution in [3.05, 3.63) is 65.1 Å². The van der Waals surface area contributed by atoms with Gasteiger partial charge in [0, 0.05) is 36.3 Å². The van der Waals surface area contributed by atoms with E-state index in [0.29, 0.717) is 11.1 Å². The molecule has 0 radical (unpaired) electrons. The van der Waals surface area contributed by atoms with Crippen molar-refractivity contribution in [2.75, 3.05) is 0 Å². The first-order valence-electron chi connectivity index (χ1n) is 11.5. The Morgan fingerprint density at radius 1 is 1.09 bits per heavy atom. The quantitative estimate of drug-likeness (QED) is 0.322. The molecule has 4 rings (SSSR count). The number of benzene rings is 1. The third-order valence-corrected chi connectivity index (χ3v) is 6.17. The average Bonchev–Trinajstić information content (AvgIpc) is 3.22. The molecule has 0 spiro atoms. The van der Waals surface area contributed by atoms with Gasteiger partial charge in [0.25, 0.3) is 0 Å². The van der Waals surface area contributed by atoms with Gasteiger partial charge in [0.2, 0.25) is 0 Å². The topological polar surface area (TPSA) is 70.4 Å². The molecule has 1 aliphatic rings. The van der Waals surface area contributed by atoms with Gasteiger partial charge in [0.15, 0.2) is 5.69 Å². The summed E-state index contributed by atoms with van der Waals surface area (Å²) in [6, 6.07) is 11.5. The van der Waals surface area contributed by atoms with Crippen molar-refractivity contribution in [1.82, 2.24) is 9.55 Å². The summed E-state index contributed by atoms with van der Waals surface area (Å²) < 4.78 is 13.9. The molecule has 0 fully saturated rings. The highest BCUT2D eigenvalue weighted by molar-refractivity contribution is 5.96. The van der Waals surface area contributed by atoms with Crippen LogP contribution in [0.4, 0.5) is 0 Å². The fourth-order valence-corrected chi connectivity index (χ4v) is 4.77. The normalized spacial score (nSPS) is 17.4. The van der Waals surface area contributed by atoms with Crippen LogP contribution in [0.15, 0.2) is 42.6 Å². The van der Waals surface area contributed by atoms with Gasteiger partial charge < -0.3 is 14.0 Å². The molecular formula is C26H30N2O4. The van der Waals surface area contributed by atoms with Crippen molar-refractivity contribution in [2.45, 2.75) is 71.6 Å². The van der Waals surface area contributed by atoms with Gasteiger partial charge in [-0.25, -0.2) is 9.78 Å². The lowest BCUT2D eigenvalue weighted by Gasteiger charge is -2.28. The number of carbonyl (C=O) groups excluding carboxylic acids is 2. The third-order valence-electron chi connectivity index (χ3n) is 6.17. The summed E-state index contributed by atoms with van der Waals surface area (Å²) in [6.07, 6.45) is 8.77. The standard InChI is InChI=1S/C26H30N2O4/c1-4-5-6-7-8-11-17-28-18(2)23(20-13-9-10-15-22(20)28)26(31-19(3)29)21-14-12-16-27-24(21)25(30)32-26/h9-10,12-16H,4-8,11,17H2,1-3H3. The van der Waals surface area contributed by atoms with E-state index in [1.165, 1.54) is 32.6 Å². The number of esters is 2. The van der Waals surface area contributed by atoms with Crippen LogP contribution in [0.25, 0.3) is 10.9 Å². The van der Waals surface area contributed by atoms with Crippen molar-refractivity contribution in [3.63, 3.8) is 0 Å². The lowest BCUT2D eigenvalue weighted by Crippen LogP contribution is -2.34. The summed E-state index contributed by atoms with van der Waals surface area (Å²) in [4.78, 5) is 29.1. The number of pyridine rings is 1. The summed E-state index contributed by atoms with van der Waals surface area (Å²) in [7, 11) is 0. The molecule has 1 aromatic carbocycles. The van der Waals surface area contributed by atoms with E-state index in [9.17, 15) is 9.59 Å². The highest BCUT2D eigenvalue weighted by Crippen LogP contribution is 2.47. The lowest BCUT2D eigenvalue weighted by molar-refractivity contribution is -0.190. The molecule has 32 heavy (non-hydrogen) atoms. The molecule has 0 bridgehead atoms. The van der Waals surface area contributed by atoms with E-state index in [1.807, 2.05) is 25.1 Å². The van der Waals surface area contributed by atoms with Gasteiger partial charge in [0.1, 0.15) is 0 Å². The second-order valence-corrected chi connectivity index (χ2v) is 8.40. The van der Waals surface area contributed by atoms with E-state index < -0.39 is 17.7 Å². The van der Waals surface area contributed by atoms with Crippen LogP contribution in [-0.2, 0) is 26.6 Å². The molecule has 6 nitrogen and oxygen atoms in total. The summed E-state index contributed by atoms with van der Waals surface area (Å²) in [5.41, 5.74) is 3.29. The molecular weight excluding hydrogens is 404 g/mol. The molecule has 0 amide bonds. The molecule has 3 aromatic rings. The van der Waals surface area contributed by atoms with Gasteiger partial charge in [-0.2, -0.15) is 0 Å². The number of nitrogens with zero attached hydrogens (tertiary/aromatic N) is 2. The van der Waals surface area contributed by atoms with E-state index in [4.69, 9.17) is 9.47 Å². The van der Waals surface area contributed by atoms with Gasteiger partial charge in [0.05, 0.1) is 11.1 Å². The van der Waals surface area contributed by atoms with Gasteiger partial charge >= 0.3 is 17.7 Å². The number of para-hydroxylation sites is 1. The average molecular weight is 435 g/mol. The number of aryl methyl sites for hydroxylation is 1. The minimum atomic E-state index is -1.64. The fourth-order valence-electron chi connectivity index (χ4n) is 4.77. The molecule has 6 heteroatoms. The first kappa shape index (κ1) is 22.1. The molecule has 3 heterocycles. The largest absolute Gasteiger partial charge is 0.414 e. The zero-order valence-corrected chi connectivity index (χ0v) is 19.0. The maximum absolute atomic E-state index is 12.7. The molecule has 1 aliphatic heterocycles. The first-order valence-corrected chi connectivity index (χ1v) is 11.5. The van der Waals surface area contributed by atoms with Crippen LogP contribution in [0.2, 0.25) is 0 Å². The van der Waals surface area contributed by atoms with Gasteiger partial charge in [-0.05, 0) is 31.5 Å². The Bertz CT molecular complexity index is 1150. The highest BCUT2D eigenvalue weighted by Gasteiger charge is 2.53. The second-order valence-electron chi connectivity index (χ2n) is 8.40. The zero-order valence-electron chi connectivity index (χ0n) is 19.0. The zero-order chi connectivity index (χ0) is 22.7. The predicted octanol–water partition coefficient (Wildman–Crippen LogP) is 5.64. The summed E-state index contributed by atoms with van der Waals surface area (Å²) in [5.74, 6) is -2.75. The molecule has 0 N–H and O–H groups in total. The Labute approximate surface area is 188 Å². The number of aromatic nitrogens is 2. The fraction of sp³-hybridized carbons (Fsp3) is 0.423. The monoisotopic (exact) mass is 434 g/mol. The van der Waals surface area contributed by atoms with Crippen LogP contribution < -0.4 is 0 Å². The lowest BCUT2D eigenvalue weighted by atomic mass is 9.95. The van der Waals surface area contributed by atoms with Crippen molar-refractivity contribution in [3.8, 4) is 0 Å². The maximum Gasteiger partial charge on any atom is 0.361 e. The van der Waals surface area contributed by atoms with Crippen molar-refractivity contribution in [1.29, 1.82) is 0 Å². The maximum atomic E-state index is 12.7. The number of unbranched alkanes of at least 4 members (excludes halogenated alkanes) is 5. The number of rotatable bonds is 9. The molecule has 0 aliphatic carbocycles. The number of cyclic esters (lactones) is 1. The molecule has 2 aromatic heterocycles. The van der Waals surface area contributed by atoms with Crippen LogP contribution in [0.1, 0.15) is 79.7 Å². The van der Waals surface area contributed by atoms with Gasteiger partial charge in [-0.3, -0.25) is 4.79 Å². The highest BCUT2D eigenvalue weighted by atomic mass is 16.7. The summed E-state index contributed by atoms with van der Waals surface area (Å²) in [5, 5.41) is 0.904. The van der Waals surface area contributed by atoms with E-state index in [2.05, 4.69) is 22.5 Å². The predicted molar refractivity (Wildman–Crippen MR) is 122 cm³/mol. The number of ether oxygens (including phenoxy) is 2. The van der Waals surface area contributed by atoms with Crippen LogP contribution >= 0.6 is 0 Å². The summed E-state index contributed by atoms with van der Waals surface area (Å²) in [6.45, 7) is 6.40.